The van der Waals surface area contributed by atoms with Crippen LogP contribution in [0.2, 0.25) is 0 Å². The highest BCUT2D eigenvalue weighted by Gasteiger charge is 2.25. The molecule has 0 saturated heterocycles. The van der Waals surface area contributed by atoms with Gasteiger partial charge in [-0.3, -0.25) is 0 Å². The molecule has 2 amide bonds. The fourth-order valence-corrected chi connectivity index (χ4v) is 4.42. The van der Waals surface area contributed by atoms with Gasteiger partial charge in [0.05, 0.1) is 5.69 Å². The quantitative estimate of drug-likeness (QED) is 0.607. The fraction of sp³-hybridized carbons (Fsp3) is 0.286. The lowest BCUT2D eigenvalue weighted by molar-refractivity contribution is 0.256. The number of aromatic nitrogens is 4. The molecule has 2 N–H and O–H groups in total. The van der Waals surface area contributed by atoms with Gasteiger partial charge in [0.25, 0.3) is 5.16 Å². The van der Waals surface area contributed by atoms with E-state index in [1.807, 2.05) is 36.8 Å². The fourth-order valence-electron chi connectivity index (χ4n) is 3.65. The first-order valence-corrected chi connectivity index (χ1v) is 11.5. The van der Waals surface area contributed by atoms with E-state index in [0.717, 1.165) is 30.4 Å². The van der Waals surface area contributed by atoms with Crippen molar-refractivity contribution in [1.29, 1.82) is 5.26 Å². The average molecular weight is 452 g/mol. The number of sulfonamides is 1. The minimum Gasteiger partial charge on any atom is -0.306 e. The van der Waals surface area contributed by atoms with Crippen LogP contribution in [-0.2, 0) is 22.9 Å². The third kappa shape index (κ3) is 4.17. The summed E-state index contributed by atoms with van der Waals surface area (Å²) >= 11 is 0. The number of aryl methyl sites for hydroxylation is 1. The molecule has 32 heavy (non-hydrogen) atoms. The predicted molar refractivity (Wildman–Crippen MR) is 116 cm³/mol. The van der Waals surface area contributed by atoms with Crippen LogP contribution in [-0.4, -0.2) is 34.2 Å². The topological polar surface area (TPSA) is 143 Å². The Morgan fingerprint density at radius 3 is 2.75 bits per heavy atom. The zero-order valence-corrected chi connectivity index (χ0v) is 18.3. The Balaban J connectivity index is 1.65. The van der Waals surface area contributed by atoms with Crippen LogP contribution in [0.1, 0.15) is 43.1 Å². The van der Waals surface area contributed by atoms with Crippen LogP contribution >= 0.6 is 0 Å². The molecule has 1 aliphatic carbocycles. The van der Waals surface area contributed by atoms with Gasteiger partial charge in [-0.2, -0.15) is 13.7 Å². The minimum atomic E-state index is -4.25. The highest BCUT2D eigenvalue weighted by molar-refractivity contribution is 7.89. The van der Waals surface area contributed by atoms with E-state index >= 15 is 0 Å². The van der Waals surface area contributed by atoms with Crippen LogP contribution in [0.3, 0.4) is 0 Å². The molecule has 164 valence electrons. The highest BCUT2D eigenvalue weighted by atomic mass is 32.2. The molecule has 1 aliphatic rings. The number of carbonyl (C=O) groups is 1. The lowest BCUT2D eigenvalue weighted by Gasteiger charge is -2.16. The average Bonchev–Trinajstić information content (AvgIpc) is 3.44. The van der Waals surface area contributed by atoms with Crippen molar-refractivity contribution in [3.8, 4) is 17.2 Å². The summed E-state index contributed by atoms with van der Waals surface area (Å²) in [6.07, 6.45) is 5.38. The first kappa shape index (κ1) is 21.5. The number of benzene rings is 1. The number of hydrogen-bond acceptors (Lipinski definition) is 7. The van der Waals surface area contributed by atoms with Gasteiger partial charge in [0.15, 0.2) is 0 Å². The first-order chi connectivity index (χ1) is 15.3. The number of carbonyl (C=O) groups excluding carboxylic acids is 1. The summed E-state index contributed by atoms with van der Waals surface area (Å²) < 4.78 is 28.6. The summed E-state index contributed by atoms with van der Waals surface area (Å²) in [4.78, 5) is 20.5. The summed E-state index contributed by atoms with van der Waals surface area (Å²) in [5.74, 6) is 0. The molecule has 0 unspecified atom stereocenters. The first-order valence-electron chi connectivity index (χ1n) is 10.0. The van der Waals surface area contributed by atoms with Gasteiger partial charge in [-0.25, -0.2) is 24.2 Å². The number of nitrogens with zero attached hydrogens (tertiary/aromatic N) is 5. The number of hydrogen-bond donors (Lipinski definition) is 2. The zero-order chi connectivity index (χ0) is 22.9. The summed E-state index contributed by atoms with van der Waals surface area (Å²) in [6.45, 7) is 3.67. The van der Waals surface area contributed by atoms with Crippen LogP contribution in [0.4, 0.5) is 10.5 Å². The van der Waals surface area contributed by atoms with Crippen molar-refractivity contribution in [2.24, 2.45) is 0 Å². The smallest absolute Gasteiger partial charge is 0.306 e. The summed E-state index contributed by atoms with van der Waals surface area (Å²) in [7, 11) is -4.25. The molecule has 0 saturated carbocycles. The summed E-state index contributed by atoms with van der Waals surface area (Å²) in [6, 6.07) is 8.22. The monoisotopic (exact) mass is 451 g/mol. The second-order valence-corrected chi connectivity index (χ2v) is 9.26. The van der Waals surface area contributed by atoms with Crippen LogP contribution in [0, 0.1) is 11.3 Å². The number of pyridine rings is 1. The number of nitrogens with one attached hydrogen (secondary N) is 2. The maximum atomic E-state index is 12.7. The molecule has 0 spiro atoms. The number of nitriles is 1. The zero-order valence-electron chi connectivity index (χ0n) is 17.5. The molecule has 2 heterocycles. The predicted octanol–water partition coefficient (Wildman–Crippen LogP) is 2.79. The van der Waals surface area contributed by atoms with Crippen LogP contribution < -0.4 is 10.0 Å². The number of anilines is 1. The van der Waals surface area contributed by atoms with Crippen molar-refractivity contribution in [3.05, 3.63) is 53.6 Å². The molecule has 0 bridgehead atoms. The molecule has 2 aromatic heterocycles. The van der Waals surface area contributed by atoms with Gasteiger partial charge in [0.1, 0.15) is 18.1 Å². The normalized spacial score (nSPS) is 12.9. The molecule has 10 nitrogen and oxygen atoms in total. The van der Waals surface area contributed by atoms with Gasteiger partial charge < -0.3 is 5.32 Å². The Hall–Kier alpha value is -3.78. The summed E-state index contributed by atoms with van der Waals surface area (Å²) in [5, 5.41) is 15.3. The van der Waals surface area contributed by atoms with Crippen LogP contribution in [0.5, 0.6) is 0 Å². The van der Waals surface area contributed by atoms with Crippen LogP contribution in [0.25, 0.3) is 11.1 Å². The largest absolute Gasteiger partial charge is 0.333 e. The van der Waals surface area contributed by atoms with Crippen molar-refractivity contribution in [2.75, 3.05) is 5.32 Å². The maximum absolute atomic E-state index is 12.7. The van der Waals surface area contributed by atoms with Crippen molar-refractivity contribution in [1.82, 2.24) is 24.5 Å². The summed E-state index contributed by atoms with van der Waals surface area (Å²) in [5.41, 5.74) is 4.18. The SMILES string of the molecule is CC(C)n1cnc(S(=O)(=O)NC(=O)Nc2c(-c3ccnc(C#N)c3)ccc3c2CCC3)n1. The minimum absolute atomic E-state index is 0.0756. The van der Waals surface area contributed by atoms with Crippen LogP contribution in [0.15, 0.2) is 41.9 Å². The third-order valence-electron chi connectivity index (χ3n) is 5.19. The van der Waals surface area contributed by atoms with Gasteiger partial charge in [0.2, 0.25) is 0 Å². The third-order valence-corrected chi connectivity index (χ3v) is 6.31. The van der Waals surface area contributed by atoms with Gasteiger partial charge in [0, 0.05) is 17.8 Å². The molecule has 0 atom stereocenters. The second-order valence-electron chi connectivity index (χ2n) is 7.68. The Morgan fingerprint density at radius 2 is 2.03 bits per heavy atom. The molecule has 0 aliphatic heterocycles. The molecule has 1 aromatic carbocycles. The molecular formula is C21H21N7O3S. The molecule has 0 fully saturated rings. The lowest BCUT2D eigenvalue weighted by Crippen LogP contribution is -2.35. The van der Waals surface area contributed by atoms with E-state index in [-0.39, 0.29) is 11.7 Å². The van der Waals surface area contributed by atoms with E-state index in [1.165, 1.54) is 17.2 Å². The Labute approximate surface area is 185 Å². The number of rotatable bonds is 5. The van der Waals surface area contributed by atoms with E-state index in [9.17, 15) is 18.5 Å². The van der Waals surface area contributed by atoms with Crippen molar-refractivity contribution >= 4 is 21.7 Å². The number of amides is 2. The van der Waals surface area contributed by atoms with Gasteiger partial charge >= 0.3 is 16.1 Å². The molecule has 3 aromatic rings. The van der Waals surface area contributed by atoms with Crippen molar-refractivity contribution < 1.29 is 13.2 Å². The lowest BCUT2D eigenvalue weighted by atomic mass is 9.97. The van der Waals surface area contributed by atoms with Crippen molar-refractivity contribution in [2.45, 2.75) is 44.3 Å². The van der Waals surface area contributed by atoms with Gasteiger partial charge in [-0.15, -0.1) is 5.10 Å². The van der Waals surface area contributed by atoms with E-state index in [4.69, 9.17) is 0 Å². The number of fused-ring (bicyclic) bond motifs is 1. The Kier molecular flexibility index (Phi) is 5.63. The second kappa shape index (κ2) is 8.39. The maximum Gasteiger partial charge on any atom is 0.333 e. The molecule has 11 heteroatoms. The Bertz CT molecular complexity index is 1340. The van der Waals surface area contributed by atoms with Gasteiger partial charge in [-0.1, -0.05) is 12.1 Å². The standard InChI is InChI=1S/C21H21N7O3S/c1-13(2)28-12-24-21(26-28)32(30,31)27-20(29)25-19-17-5-3-4-14(17)6-7-18(19)15-8-9-23-16(10-15)11-22/h6-10,12-13H,3-5H2,1-2H3,(H2,25,27,29). The molecule has 4 rings (SSSR count). The highest BCUT2D eigenvalue weighted by Crippen LogP contribution is 2.37. The Morgan fingerprint density at radius 1 is 1.22 bits per heavy atom. The molecule has 0 radical (unpaired) electrons. The van der Waals surface area contributed by atoms with E-state index in [2.05, 4.69) is 20.4 Å². The van der Waals surface area contributed by atoms with E-state index in [1.54, 1.807) is 12.1 Å². The number of urea groups is 1. The van der Waals surface area contributed by atoms with Gasteiger partial charge in [-0.05, 0) is 61.9 Å². The van der Waals surface area contributed by atoms with Crippen molar-refractivity contribution in [3.63, 3.8) is 0 Å². The molecular weight excluding hydrogens is 430 g/mol. The van der Waals surface area contributed by atoms with E-state index in [0.29, 0.717) is 16.8 Å². The van der Waals surface area contributed by atoms with E-state index < -0.39 is 21.2 Å².